The van der Waals surface area contributed by atoms with Gasteiger partial charge in [0.1, 0.15) is 17.1 Å². The second-order valence-corrected chi connectivity index (χ2v) is 8.33. The van der Waals surface area contributed by atoms with Crippen LogP contribution in [0.15, 0.2) is 78.9 Å². The lowest BCUT2D eigenvalue weighted by Gasteiger charge is -2.56. The number of likely N-dealkylation sites (tertiary alicyclic amines) is 1. The molecule has 28 heavy (non-hydrogen) atoms. The van der Waals surface area contributed by atoms with E-state index in [4.69, 9.17) is 16.3 Å². The van der Waals surface area contributed by atoms with Gasteiger partial charge < -0.3 is 14.7 Å². The molecule has 1 aliphatic rings. The SMILES string of the molecule is CN1CC(C)(C(O)(c2ccc(Oc3ccccc3)cc2)c2cccc(Cl)c2)C1. The van der Waals surface area contributed by atoms with E-state index < -0.39 is 5.60 Å². The number of rotatable bonds is 5. The fourth-order valence-electron chi connectivity index (χ4n) is 4.34. The van der Waals surface area contributed by atoms with Crippen molar-refractivity contribution in [2.75, 3.05) is 20.1 Å². The summed E-state index contributed by atoms with van der Waals surface area (Å²) in [7, 11) is 2.07. The number of halogens is 1. The van der Waals surface area contributed by atoms with Crippen molar-refractivity contribution < 1.29 is 9.84 Å². The molecule has 1 atom stereocenters. The third-order valence-electron chi connectivity index (χ3n) is 5.60. The van der Waals surface area contributed by atoms with E-state index >= 15 is 0 Å². The predicted octanol–water partition coefficient (Wildman–Crippen LogP) is 5.32. The summed E-state index contributed by atoms with van der Waals surface area (Å²) in [6.45, 7) is 3.73. The quantitative estimate of drug-likeness (QED) is 0.636. The topological polar surface area (TPSA) is 32.7 Å². The van der Waals surface area contributed by atoms with Crippen LogP contribution < -0.4 is 4.74 Å². The zero-order valence-electron chi connectivity index (χ0n) is 16.1. The molecule has 1 heterocycles. The van der Waals surface area contributed by atoms with E-state index in [1.54, 1.807) is 0 Å². The fourth-order valence-corrected chi connectivity index (χ4v) is 4.53. The Bertz CT molecular complexity index is 952. The minimum absolute atomic E-state index is 0.311. The smallest absolute Gasteiger partial charge is 0.127 e. The molecule has 0 radical (unpaired) electrons. The van der Waals surface area contributed by atoms with Crippen molar-refractivity contribution in [3.05, 3.63) is 95.0 Å². The molecule has 1 saturated heterocycles. The number of ether oxygens (including phenoxy) is 1. The van der Waals surface area contributed by atoms with E-state index in [0.29, 0.717) is 5.02 Å². The average Bonchev–Trinajstić information content (AvgIpc) is 2.67. The Hall–Kier alpha value is -2.33. The maximum absolute atomic E-state index is 12.0. The second kappa shape index (κ2) is 7.25. The van der Waals surface area contributed by atoms with Crippen molar-refractivity contribution in [3.8, 4) is 11.5 Å². The number of benzene rings is 3. The van der Waals surface area contributed by atoms with Crippen molar-refractivity contribution in [2.24, 2.45) is 5.41 Å². The van der Waals surface area contributed by atoms with Gasteiger partial charge in [-0.1, -0.05) is 61.0 Å². The summed E-state index contributed by atoms with van der Waals surface area (Å²) in [5.74, 6) is 1.52. The average molecular weight is 394 g/mol. The van der Waals surface area contributed by atoms with E-state index in [9.17, 15) is 5.11 Å². The third-order valence-corrected chi connectivity index (χ3v) is 5.84. The molecule has 0 aliphatic carbocycles. The lowest BCUT2D eigenvalue weighted by atomic mass is 9.62. The van der Waals surface area contributed by atoms with E-state index in [-0.39, 0.29) is 5.41 Å². The summed E-state index contributed by atoms with van der Waals surface area (Å²) in [5.41, 5.74) is 0.197. The Morgan fingerprint density at radius 2 is 1.54 bits per heavy atom. The molecular weight excluding hydrogens is 370 g/mol. The molecule has 3 nitrogen and oxygen atoms in total. The molecule has 1 fully saturated rings. The number of nitrogens with zero attached hydrogens (tertiary/aromatic N) is 1. The van der Waals surface area contributed by atoms with Gasteiger partial charge in [0.05, 0.1) is 0 Å². The first kappa shape index (κ1) is 19.0. The Morgan fingerprint density at radius 3 is 2.14 bits per heavy atom. The molecule has 1 N–H and O–H groups in total. The van der Waals surface area contributed by atoms with Crippen LogP contribution in [0.2, 0.25) is 5.02 Å². The van der Waals surface area contributed by atoms with Crippen LogP contribution in [0, 0.1) is 5.41 Å². The van der Waals surface area contributed by atoms with E-state index in [1.807, 2.05) is 78.9 Å². The Balaban J connectivity index is 1.71. The lowest BCUT2D eigenvalue weighted by Crippen LogP contribution is -2.63. The third kappa shape index (κ3) is 3.30. The van der Waals surface area contributed by atoms with Crippen LogP contribution in [0.3, 0.4) is 0 Å². The largest absolute Gasteiger partial charge is 0.457 e. The first-order valence-corrected chi connectivity index (χ1v) is 9.79. The van der Waals surface area contributed by atoms with Gasteiger partial charge >= 0.3 is 0 Å². The number of aliphatic hydroxyl groups is 1. The summed E-state index contributed by atoms with van der Waals surface area (Å²) in [6, 6.07) is 24.9. The van der Waals surface area contributed by atoms with Crippen molar-refractivity contribution in [1.29, 1.82) is 0 Å². The Labute approximate surface area is 171 Å². The molecular formula is C24H24ClNO2. The highest BCUT2D eigenvalue weighted by molar-refractivity contribution is 6.30. The molecule has 0 spiro atoms. The van der Waals surface area contributed by atoms with Gasteiger partial charge in [0.15, 0.2) is 0 Å². The highest BCUT2D eigenvalue weighted by Crippen LogP contribution is 2.50. The second-order valence-electron chi connectivity index (χ2n) is 7.89. The molecule has 144 valence electrons. The van der Waals surface area contributed by atoms with Gasteiger partial charge in [0.25, 0.3) is 0 Å². The molecule has 3 aromatic rings. The zero-order valence-corrected chi connectivity index (χ0v) is 16.9. The summed E-state index contributed by atoms with van der Waals surface area (Å²) in [6.07, 6.45) is 0. The van der Waals surface area contributed by atoms with Gasteiger partial charge in [0.2, 0.25) is 0 Å². The minimum atomic E-state index is -1.14. The van der Waals surface area contributed by atoms with Gasteiger partial charge in [-0.05, 0) is 54.6 Å². The van der Waals surface area contributed by atoms with Crippen molar-refractivity contribution in [2.45, 2.75) is 12.5 Å². The van der Waals surface area contributed by atoms with Gasteiger partial charge in [-0.25, -0.2) is 0 Å². The van der Waals surface area contributed by atoms with Gasteiger partial charge in [-0.2, -0.15) is 0 Å². The highest BCUT2D eigenvalue weighted by atomic mass is 35.5. The first-order valence-electron chi connectivity index (χ1n) is 9.41. The van der Waals surface area contributed by atoms with Crippen LogP contribution in [0.1, 0.15) is 18.1 Å². The van der Waals surface area contributed by atoms with E-state index in [2.05, 4.69) is 18.9 Å². The van der Waals surface area contributed by atoms with Gasteiger partial charge in [-0.3, -0.25) is 0 Å². The molecule has 0 bridgehead atoms. The van der Waals surface area contributed by atoms with Crippen LogP contribution in [-0.4, -0.2) is 30.1 Å². The van der Waals surface area contributed by atoms with Crippen LogP contribution in [0.25, 0.3) is 0 Å². The summed E-state index contributed by atoms with van der Waals surface area (Å²) >= 11 is 6.25. The maximum Gasteiger partial charge on any atom is 0.127 e. The summed E-state index contributed by atoms with van der Waals surface area (Å²) in [5, 5.41) is 12.7. The van der Waals surface area contributed by atoms with Crippen molar-refractivity contribution in [3.63, 3.8) is 0 Å². The van der Waals surface area contributed by atoms with Crippen LogP contribution >= 0.6 is 11.6 Å². The van der Waals surface area contributed by atoms with Crippen molar-refractivity contribution >= 4 is 11.6 Å². The minimum Gasteiger partial charge on any atom is -0.457 e. The van der Waals surface area contributed by atoms with Crippen molar-refractivity contribution in [1.82, 2.24) is 4.90 Å². The monoisotopic (exact) mass is 393 g/mol. The Morgan fingerprint density at radius 1 is 0.893 bits per heavy atom. The fraction of sp³-hybridized carbons (Fsp3) is 0.250. The Kier molecular flexibility index (Phi) is 4.92. The van der Waals surface area contributed by atoms with Crippen LogP contribution in [-0.2, 0) is 5.60 Å². The lowest BCUT2D eigenvalue weighted by molar-refractivity contribution is -0.127. The molecule has 3 aromatic carbocycles. The zero-order chi connectivity index (χ0) is 19.8. The molecule has 4 heteroatoms. The molecule has 0 amide bonds. The molecule has 4 rings (SSSR count). The highest BCUT2D eigenvalue weighted by Gasteiger charge is 2.55. The molecule has 1 aliphatic heterocycles. The first-order chi connectivity index (χ1) is 13.4. The standard InChI is InChI=1S/C24H24ClNO2/c1-23(16-26(2)17-23)24(27,19-7-6-8-20(25)15-19)18-11-13-22(14-12-18)28-21-9-4-3-5-10-21/h3-15,27H,16-17H2,1-2H3. The summed E-state index contributed by atoms with van der Waals surface area (Å²) < 4.78 is 5.90. The predicted molar refractivity (Wildman–Crippen MR) is 113 cm³/mol. The van der Waals surface area contributed by atoms with E-state index in [0.717, 1.165) is 35.7 Å². The number of hydrogen-bond donors (Lipinski definition) is 1. The number of hydrogen-bond acceptors (Lipinski definition) is 3. The maximum atomic E-state index is 12.0. The summed E-state index contributed by atoms with van der Waals surface area (Å²) in [4.78, 5) is 2.21. The van der Waals surface area contributed by atoms with E-state index in [1.165, 1.54) is 0 Å². The molecule has 1 unspecified atom stereocenters. The molecule has 0 saturated carbocycles. The normalized spacial score (nSPS) is 18.1. The molecule has 0 aromatic heterocycles. The van der Waals surface area contributed by atoms with Crippen LogP contribution in [0.4, 0.5) is 0 Å². The van der Waals surface area contributed by atoms with Gasteiger partial charge in [-0.15, -0.1) is 0 Å². The number of para-hydroxylation sites is 1. The van der Waals surface area contributed by atoms with Crippen LogP contribution in [0.5, 0.6) is 11.5 Å². The van der Waals surface area contributed by atoms with Gasteiger partial charge in [0, 0.05) is 23.5 Å².